The van der Waals surface area contributed by atoms with Gasteiger partial charge in [0.2, 0.25) is 0 Å². The van der Waals surface area contributed by atoms with Gasteiger partial charge in [0.05, 0.1) is 0 Å². The lowest BCUT2D eigenvalue weighted by Gasteiger charge is -2.51. The molecule has 4 rings (SSSR count). The van der Waals surface area contributed by atoms with E-state index in [0.29, 0.717) is 0 Å². The van der Waals surface area contributed by atoms with Crippen LogP contribution in [0.15, 0.2) is 0 Å². The molecule has 6 unspecified atom stereocenters. The molecule has 0 aromatic heterocycles. The van der Waals surface area contributed by atoms with Gasteiger partial charge in [-0.25, -0.2) is 0 Å². The molecule has 0 nitrogen and oxygen atoms in total. The van der Waals surface area contributed by atoms with Gasteiger partial charge in [-0.3, -0.25) is 0 Å². The standard InChI is InChI=1S/C31H56/c1-2-3-4-5-6-7-8-9-22-31(29-23-14-18-25-16-10-12-20-27(25)29)30-24-15-19-26-17-11-13-21-28(26)30/h25-31H,2-24H2,1H3. The molecule has 0 N–H and O–H groups in total. The molecule has 0 saturated heterocycles. The van der Waals surface area contributed by atoms with Crippen LogP contribution in [0.1, 0.15) is 155 Å². The fraction of sp³-hybridized carbons (Fsp3) is 1.00. The second kappa shape index (κ2) is 13.0. The highest BCUT2D eigenvalue weighted by Gasteiger charge is 2.45. The summed E-state index contributed by atoms with van der Waals surface area (Å²) in [6.07, 6.45) is 35.6. The van der Waals surface area contributed by atoms with E-state index in [1.54, 1.807) is 103 Å². The van der Waals surface area contributed by atoms with E-state index in [-0.39, 0.29) is 0 Å². The molecular formula is C31H56. The van der Waals surface area contributed by atoms with Gasteiger partial charge < -0.3 is 0 Å². The normalized spacial score (nSPS) is 37.1. The van der Waals surface area contributed by atoms with Crippen molar-refractivity contribution in [3.05, 3.63) is 0 Å². The lowest BCUT2D eigenvalue weighted by Crippen LogP contribution is -2.43. The van der Waals surface area contributed by atoms with Gasteiger partial charge in [-0.05, 0) is 73.5 Å². The SMILES string of the molecule is CCCCCCCCCCC(C1CCCC2CCCCC21)C1CCCC2CCCCC21. The summed E-state index contributed by atoms with van der Waals surface area (Å²) in [5, 5.41) is 0. The van der Waals surface area contributed by atoms with Gasteiger partial charge >= 0.3 is 0 Å². The minimum atomic E-state index is 1.11. The summed E-state index contributed by atoms with van der Waals surface area (Å²) >= 11 is 0. The van der Waals surface area contributed by atoms with Crippen LogP contribution in [0.3, 0.4) is 0 Å². The van der Waals surface area contributed by atoms with Crippen molar-refractivity contribution in [3.8, 4) is 0 Å². The van der Waals surface area contributed by atoms with Crippen LogP contribution in [0.5, 0.6) is 0 Å². The minimum absolute atomic E-state index is 1.11. The Kier molecular flexibility index (Phi) is 10.1. The van der Waals surface area contributed by atoms with Crippen LogP contribution in [0.2, 0.25) is 0 Å². The number of fused-ring (bicyclic) bond motifs is 2. The molecule has 6 atom stereocenters. The van der Waals surface area contributed by atoms with Crippen molar-refractivity contribution in [2.24, 2.45) is 41.4 Å². The average Bonchev–Trinajstić information content (AvgIpc) is 2.83. The van der Waals surface area contributed by atoms with Gasteiger partial charge in [0.1, 0.15) is 0 Å². The summed E-state index contributed by atoms with van der Waals surface area (Å²) in [5.74, 6) is 7.86. The summed E-state index contributed by atoms with van der Waals surface area (Å²) in [5.41, 5.74) is 0. The maximum absolute atomic E-state index is 2.34. The summed E-state index contributed by atoms with van der Waals surface area (Å²) in [4.78, 5) is 0. The van der Waals surface area contributed by atoms with E-state index in [9.17, 15) is 0 Å². The Bertz CT molecular complexity index is 442. The predicted molar refractivity (Wildman–Crippen MR) is 136 cm³/mol. The molecule has 4 aliphatic carbocycles. The lowest BCUT2D eigenvalue weighted by atomic mass is 9.54. The van der Waals surface area contributed by atoms with Crippen molar-refractivity contribution in [3.63, 3.8) is 0 Å². The highest BCUT2D eigenvalue weighted by Crippen LogP contribution is 2.54. The van der Waals surface area contributed by atoms with Gasteiger partial charge in [0, 0.05) is 0 Å². The molecule has 0 aromatic carbocycles. The van der Waals surface area contributed by atoms with Crippen LogP contribution in [0, 0.1) is 41.4 Å². The Morgan fingerprint density at radius 1 is 0.484 bits per heavy atom. The van der Waals surface area contributed by atoms with E-state index in [2.05, 4.69) is 6.92 Å². The number of unbranched alkanes of at least 4 members (excludes halogenated alkanes) is 7. The number of rotatable bonds is 11. The third-order valence-corrected chi connectivity index (χ3v) is 10.8. The van der Waals surface area contributed by atoms with Crippen molar-refractivity contribution in [1.82, 2.24) is 0 Å². The van der Waals surface area contributed by atoms with Crippen LogP contribution < -0.4 is 0 Å². The Hall–Kier alpha value is 0. The van der Waals surface area contributed by atoms with Gasteiger partial charge in [-0.1, -0.05) is 122 Å². The molecular weight excluding hydrogens is 372 g/mol. The topological polar surface area (TPSA) is 0 Å². The molecule has 180 valence electrons. The first-order valence-corrected chi connectivity index (χ1v) is 15.4. The predicted octanol–water partition coefficient (Wildman–Crippen LogP) is 10.3. The summed E-state index contributed by atoms with van der Waals surface area (Å²) in [7, 11) is 0. The first-order chi connectivity index (χ1) is 15.4. The minimum Gasteiger partial charge on any atom is -0.0654 e. The zero-order valence-electron chi connectivity index (χ0n) is 21.3. The highest BCUT2D eigenvalue weighted by atomic mass is 14.5. The molecule has 4 aliphatic rings. The summed E-state index contributed by atoms with van der Waals surface area (Å²) in [6, 6.07) is 0. The zero-order valence-corrected chi connectivity index (χ0v) is 21.3. The molecule has 0 spiro atoms. The van der Waals surface area contributed by atoms with E-state index in [0.717, 1.165) is 41.4 Å². The monoisotopic (exact) mass is 428 g/mol. The molecule has 0 bridgehead atoms. The maximum Gasteiger partial charge on any atom is -0.0352 e. The summed E-state index contributed by atoms with van der Waals surface area (Å²) in [6.45, 7) is 2.34. The van der Waals surface area contributed by atoms with Crippen LogP contribution in [-0.4, -0.2) is 0 Å². The van der Waals surface area contributed by atoms with Crippen molar-refractivity contribution >= 4 is 0 Å². The molecule has 0 radical (unpaired) electrons. The van der Waals surface area contributed by atoms with Crippen molar-refractivity contribution in [1.29, 1.82) is 0 Å². The van der Waals surface area contributed by atoms with E-state index >= 15 is 0 Å². The molecule has 0 heteroatoms. The van der Waals surface area contributed by atoms with Crippen LogP contribution in [0.25, 0.3) is 0 Å². The van der Waals surface area contributed by atoms with Gasteiger partial charge in [0.25, 0.3) is 0 Å². The lowest BCUT2D eigenvalue weighted by molar-refractivity contribution is -0.0153. The maximum atomic E-state index is 2.34. The second-order valence-electron chi connectivity index (χ2n) is 12.5. The molecule has 0 heterocycles. The Labute approximate surface area is 196 Å². The quantitative estimate of drug-likeness (QED) is 0.287. The van der Waals surface area contributed by atoms with Crippen LogP contribution in [-0.2, 0) is 0 Å². The fourth-order valence-corrected chi connectivity index (χ4v) is 9.30. The molecule has 0 amide bonds. The Balaban J connectivity index is 1.37. The van der Waals surface area contributed by atoms with E-state index in [1.807, 2.05) is 0 Å². The third-order valence-electron chi connectivity index (χ3n) is 10.8. The first-order valence-electron chi connectivity index (χ1n) is 15.4. The van der Waals surface area contributed by atoms with E-state index < -0.39 is 0 Å². The summed E-state index contributed by atoms with van der Waals surface area (Å²) < 4.78 is 0. The van der Waals surface area contributed by atoms with E-state index in [4.69, 9.17) is 0 Å². The van der Waals surface area contributed by atoms with Crippen LogP contribution in [0.4, 0.5) is 0 Å². The Morgan fingerprint density at radius 2 is 0.935 bits per heavy atom. The van der Waals surface area contributed by atoms with Gasteiger partial charge in [-0.2, -0.15) is 0 Å². The number of hydrogen-bond acceptors (Lipinski definition) is 0. The molecule has 4 fully saturated rings. The highest BCUT2D eigenvalue weighted by molar-refractivity contribution is 4.95. The number of hydrogen-bond donors (Lipinski definition) is 0. The van der Waals surface area contributed by atoms with Gasteiger partial charge in [0.15, 0.2) is 0 Å². The van der Waals surface area contributed by atoms with E-state index in [1.165, 1.54) is 44.9 Å². The Morgan fingerprint density at radius 3 is 1.48 bits per heavy atom. The first kappa shape index (κ1) is 24.1. The van der Waals surface area contributed by atoms with Crippen molar-refractivity contribution < 1.29 is 0 Å². The fourth-order valence-electron chi connectivity index (χ4n) is 9.30. The molecule has 0 aromatic rings. The molecule has 31 heavy (non-hydrogen) atoms. The second-order valence-corrected chi connectivity index (χ2v) is 12.5. The van der Waals surface area contributed by atoms with Crippen LogP contribution >= 0.6 is 0 Å². The third kappa shape index (κ3) is 6.53. The van der Waals surface area contributed by atoms with Crippen molar-refractivity contribution in [2.75, 3.05) is 0 Å². The molecule has 0 aliphatic heterocycles. The van der Waals surface area contributed by atoms with Crippen molar-refractivity contribution in [2.45, 2.75) is 155 Å². The molecule has 4 saturated carbocycles. The smallest absolute Gasteiger partial charge is 0.0352 e. The zero-order chi connectivity index (χ0) is 21.3. The average molecular weight is 429 g/mol. The largest absolute Gasteiger partial charge is 0.0654 e. The van der Waals surface area contributed by atoms with Gasteiger partial charge in [-0.15, -0.1) is 0 Å².